The summed E-state index contributed by atoms with van der Waals surface area (Å²) in [6, 6.07) is 2.37. The van der Waals surface area contributed by atoms with E-state index < -0.39 is 0 Å². The van der Waals surface area contributed by atoms with Gasteiger partial charge >= 0.3 is 0 Å². The molecule has 104 valence electrons. The molecule has 5 heteroatoms. The summed E-state index contributed by atoms with van der Waals surface area (Å²) in [5.41, 5.74) is 14.2. The molecule has 2 heterocycles. The van der Waals surface area contributed by atoms with Crippen LogP contribution < -0.4 is 16.8 Å². The van der Waals surface area contributed by atoms with Crippen molar-refractivity contribution in [2.24, 2.45) is 5.73 Å². The smallest absolute Gasteiger partial charge is 0.220 e. The predicted octanol–water partition coefficient (Wildman–Crippen LogP) is 1.47. The lowest BCUT2D eigenvalue weighted by Crippen LogP contribution is -2.43. The zero-order chi connectivity index (χ0) is 13.2. The maximum absolute atomic E-state index is 6.20. The van der Waals surface area contributed by atoms with Gasteiger partial charge in [-0.3, -0.25) is 0 Å². The van der Waals surface area contributed by atoms with Crippen LogP contribution in [0.5, 0.6) is 0 Å². The quantitative estimate of drug-likeness (QED) is 0.750. The number of piperidine rings is 1. The van der Waals surface area contributed by atoms with E-state index in [1.54, 1.807) is 0 Å². The van der Waals surface area contributed by atoms with Crippen molar-refractivity contribution in [3.05, 3.63) is 17.5 Å². The normalized spacial score (nSPS) is 28.7. The van der Waals surface area contributed by atoms with E-state index in [2.05, 4.69) is 21.4 Å². The fourth-order valence-electron chi connectivity index (χ4n) is 3.33. The minimum atomic E-state index is 0.124. The molecular formula is C14H23N5. The Kier molecular flexibility index (Phi) is 3.66. The Balaban J connectivity index is 1.88. The van der Waals surface area contributed by atoms with E-state index in [0.717, 1.165) is 30.8 Å². The second-order valence-electron chi connectivity index (χ2n) is 5.80. The third kappa shape index (κ3) is 2.72. The molecule has 1 saturated heterocycles. The summed E-state index contributed by atoms with van der Waals surface area (Å²) in [5, 5.41) is 3.46. The summed E-state index contributed by atoms with van der Waals surface area (Å²) >= 11 is 0. The topological polar surface area (TPSA) is 89.8 Å². The molecule has 5 N–H and O–H groups in total. The summed E-state index contributed by atoms with van der Waals surface area (Å²) < 4.78 is 0. The molecule has 1 saturated carbocycles. The van der Waals surface area contributed by atoms with Gasteiger partial charge in [0, 0.05) is 17.7 Å². The first-order chi connectivity index (χ1) is 9.24. The van der Waals surface area contributed by atoms with E-state index in [0.29, 0.717) is 11.9 Å². The highest BCUT2D eigenvalue weighted by Gasteiger charge is 2.26. The molecule has 3 rings (SSSR count). The van der Waals surface area contributed by atoms with Crippen molar-refractivity contribution in [3.63, 3.8) is 0 Å². The van der Waals surface area contributed by atoms with Crippen LogP contribution in [0.25, 0.3) is 0 Å². The number of aromatic nitrogens is 2. The molecule has 5 nitrogen and oxygen atoms in total. The lowest BCUT2D eigenvalue weighted by Gasteiger charge is -2.29. The second kappa shape index (κ2) is 5.43. The summed E-state index contributed by atoms with van der Waals surface area (Å²) in [7, 11) is 0. The minimum absolute atomic E-state index is 0.124. The zero-order valence-electron chi connectivity index (χ0n) is 11.3. The molecule has 0 amide bonds. The summed E-state index contributed by atoms with van der Waals surface area (Å²) in [4.78, 5) is 8.84. The number of nitrogens with zero attached hydrogens (tertiary/aromatic N) is 2. The van der Waals surface area contributed by atoms with E-state index in [1.807, 2.05) is 0 Å². The molecule has 1 aliphatic carbocycles. The number of anilines is 1. The van der Waals surface area contributed by atoms with Crippen LogP contribution in [-0.4, -0.2) is 22.6 Å². The molecule has 2 fully saturated rings. The zero-order valence-corrected chi connectivity index (χ0v) is 11.3. The largest absolute Gasteiger partial charge is 0.368 e. The van der Waals surface area contributed by atoms with Gasteiger partial charge in [-0.1, -0.05) is 12.8 Å². The lowest BCUT2D eigenvalue weighted by molar-refractivity contribution is 0.352. The average molecular weight is 261 g/mol. The lowest BCUT2D eigenvalue weighted by atomic mass is 9.94. The SMILES string of the molecule is Nc1nc(C2CCCC2)cc([C@@H]2NCCCC2N)n1. The maximum atomic E-state index is 6.20. The molecule has 2 atom stereocenters. The third-order valence-corrected chi connectivity index (χ3v) is 4.38. The fourth-order valence-corrected chi connectivity index (χ4v) is 3.33. The van der Waals surface area contributed by atoms with Crippen LogP contribution >= 0.6 is 0 Å². The van der Waals surface area contributed by atoms with Crippen LogP contribution in [0.15, 0.2) is 6.07 Å². The summed E-state index contributed by atoms with van der Waals surface area (Å²) in [6.45, 7) is 1.00. The van der Waals surface area contributed by atoms with Gasteiger partial charge in [0.2, 0.25) is 5.95 Å². The van der Waals surface area contributed by atoms with Crippen molar-refractivity contribution >= 4 is 5.95 Å². The summed E-state index contributed by atoms with van der Waals surface area (Å²) in [6.07, 6.45) is 7.21. The number of hydrogen-bond donors (Lipinski definition) is 3. The Hall–Kier alpha value is -1.20. The first-order valence-corrected chi connectivity index (χ1v) is 7.37. The molecule has 1 aromatic rings. The highest BCUT2D eigenvalue weighted by atomic mass is 15.1. The van der Waals surface area contributed by atoms with Crippen LogP contribution in [0.2, 0.25) is 0 Å². The molecule has 2 aliphatic rings. The molecule has 1 unspecified atom stereocenters. The number of nitrogen functional groups attached to an aromatic ring is 1. The Labute approximate surface area is 114 Å². The van der Waals surface area contributed by atoms with Crippen molar-refractivity contribution in [1.82, 2.24) is 15.3 Å². The molecule has 1 aromatic heterocycles. The van der Waals surface area contributed by atoms with Gasteiger partial charge in [0.1, 0.15) is 0 Å². The van der Waals surface area contributed by atoms with Gasteiger partial charge in [-0.15, -0.1) is 0 Å². The second-order valence-corrected chi connectivity index (χ2v) is 5.80. The molecule has 0 aromatic carbocycles. The summed E-state index contributed by atoms with van der Waals surface area (Å²) in [5.74, 6) is 0.947. The minimum Gasteiger partial charge on any atom is -0.368 e. The molecule has 0 bridgehead atoms. The van der Waals surface area contributed by atoms with Crippen LogP contribution in [0.4, 0.5) is 5.95 Å². The van der Waals surface area contributed by atoms with E-state index in [1.165, 1.54) is 25.7 Å². The molecule has 1 aliphatic heterocycles. The highest BCUT2D eigenvalue weighted by Crippen LogP contribution is 2.34. The third-order valence-electron chi connectivity index (χ3n) is 4.38. The highest BCUT2D eigenvalue weighted by molar-refractivity contribution is 5.28. The van der Waals surface area contributed by atoms with Gasteiger partial charge in [-0.25, -0.2) is 9.97 Å². The fraction of sp³-hybridized carbons (Fsp3) is 0.714. The first-order valence-electron chi connectivity index (χ1n) is 7.37. The number of rotatable bonds is 2. The predicted molar refractivity (Wildman–Crippen MR) is 75.6 cm³/mol. The standard InChI is InChI=1S/C14H23N5/c15-10-6-3-7-17-13(10)12-8-11(18-14(16)19-12)9-4-1-2-5-9/h8-10,13,17H,1-7,15H2,(H2,16,18,19)/t10?,13-/m1/s1. The van der Waals surface area contributed by atoms with E-state index in [-0.39, 0.29) is 12.1 Å². The first kappa shape index (κ1) is 12.8. The van der Waals surface area contributed by atoms with Gasteiger partial charge < -0.3 is 16.8 Å². The van der Waals surface area contributed by atoms with Crippen molar-refractivity contribution in [2.75, 3.05) is 12.3 Å². The number of nitrogens with one attached hydrogen (secondary N) is 1. The van der Waals surface area contributed by atoms with Crippen molar-refractivity contribution < 1.29 is 0 Å². The molecule has 0 spiro atoms. The molecular weight excluding hydrogens is 238 g/mol. The van der Waals surface area contributed by atoms with Gasteiger partial charge in [0.25, 0.3) is 0 Å². The molecule has 0 radical (unpaired) electrons. The van der Waals surface area contributed by atoms with E-state index in [4.69, 9.17) is 11.5 Å². The van der Waals surface area contributed by atoms with E-state index in [9.17, 15) is 0 Å². The average Bonchev–Trinajstić information content (AvgIpc) is 2.92. The number of nitrogens with two attached hydrogens (primary N) is 2. The van der Waals surface area contributed by atoms with Crippen molar-refractivity contribution in [3.8, 4) is 0 Å². The molecule has 19 heavy (non-hydrogen) atoms. The van der Waals surface area contributed by atoms with Crippen molar-refractivity contribution in [1.29, 1.82) is 0 Å². The van der Waals surface area contributed by atoms with Crippen LogP contribution in [0, 0.1) is 0 Å². The van der Waals surface area contributed by atoms with Gasteiger partial charge in [-0.2, -0.15) is 0 Å². The Morgan fingerprint density at radius 1 is 1.05 bits per heavy atom. The van der Waals surface area contributed by atoms with E-state index >= 15 is 0 Å². The maximum Gasteiger partial charge on any atom is 0.220 e. The van der Waals surface area contributed by atoms with Crippen LogP contribution in [0.1, 0.15) is 61.9 Å². The van der Waals surface area contributed by atoms with Gasteiger partial charge in [0.15, 0.2) is 0 Å². The Morgan fingerprint density at radius 2 is 1.79 bits per heavy atom. The monoisotopic (exact) mass is 261 g/mol. The van der Waals surface area contributed by atoms with Crippen LogP contribution in [0.3, 0.4) is 0 Å². The van der Waals surface area contributed by atoms with Gasteiger partial charge in [0.05, 0.1) is 11.7 Å². The van der Waals surface area contributed by atoms with Crippen LogP contribution in [-0.2, 0) is 0 Å². The number of hydrogen-bond acceptors (Lipinski definition) is 5. The Morgan fingerprint density at radius 3 is 2.53 bits per heavy atom. The van der Waals surface area contributed by atoms with Gasteiger partial charge in [-0.05, 0) is 38.3 Å². The van der Waals surface area contributed by atoms with Crippen molar-refractivity contribution in [2.45, 2.75) is 56.5 Å². The Bertz CT molecular complexity index is 441.